The highest BCUT2D eigenvalue weighted by molar-refractivity contribution is 5.78. The van der Waals surface area contributed by atoms with Crippen molar-refractivity contribution >= 4 is 12.0 Å². The first-order chi connectivity index (χ1) is 9.84. The number of amides is 2. The van der Waals surface area contributed by atoms with Gasteiger partial charge in [-0.3, -0.25) is 4.79 Å². The minimum atomic E-state index is -0.903. The van der Waals surface area contributed by atoms with Crippen molar-refractivity contribution in [2.45, 2.75) is 46.1 Å². The zero-order chi connectivity index (χ0) is 16.0. The van der Waals surface area contributed by atoms with Crippen LogP contribution in [-0.2, 0) is 4.79 Å². The second-order valence-corrected chi connectivity index (χ2v) is 6.25. The van der Waals surface area contributed by atoms with Crippen molar-refractivity contribution in [2.24, 2.45) is 5.41 Å². The molecule has 0 aromatic heterocycles. The molecule has 6 heteroatoms. The van der Waals surface area contributed by atoms with E-state index in [1.165, 1.54) is 0 Å². The van der Waals surface area contributed by atoms with Crippen LogP contribution >= 0.6 is 0 Å². The normalized spacial score (nSPS) is 23.2. The first kappa shape index (κ1) is 17.8. The van der Waals surface area contributed by atoms with Crippen LogP contribution in [0.2, 0.25) is 0 Å². The van der Waals surface area contributed by atoms with E-state index in [0.29, 0.717) is 6.42 Å². The topological polar surface area (TPSA) is 72.9 Å². The largest absolute Gasteiger partial charge is 0.481 e. The summed E-state index contributed by atoms with van der Waals surface area (Å²) in [7, 11) is 2.07. The molecule has 122 valence electrons. The maximum atomic E-state index is 12.4. The number of likely N-dealkylation sites (N-methyl/N-ethyl adjacent to an activating group) is 1. The Balaban J connectivity index is 2.66. The van der Waals surface area contributed by atoms with Gasteiger partial charge in [-0.25, -0.2) is 4.79 Å². The van der Waals surface area contributed by atoms with E-state index >= 15 is 0 Å². The van der Waals surface area contributed by atoms with Crippen LogP contribution in [0.3, 0.4) is 0 Å². The molecule has 0 aromatic carbocycles. The minimum Gasteiger partial charge on any atom is -0.481 e. The first-order valence-corrected chi connectivity index (χ1v) is 7.80. The van der Waals surface area contributed by atoms with Crippen LogP contribution in [0.4, 0.5) is 4.79 Å². The van der Waals surface area contributed by atoms with Crippen molar-refractivity contribution in [2.75, 3.05) is 33.2 Å². The molecule has 1 aliphatic rings. The number of carbonyl (C=O) groups is 2. The fourth-order valence-corrected chi connectivity index (χ4v) is 2.58. The first-order valence-electron chi connectivity index (χ1n) is 7.80. The van der Waals surface area contributed by atoms with Crippen molar-refractivity contribution in [3.8, 4) is 0 Å². The number of nitrogens with zero attached hydrogens (tertiary/aromatic N) is 2. The van der Waals surface area contributed by atoms with Gasteiger partial charge in [-0.2, -0.15) is 0 Å². The van der Waals surface area contributed by atoms with E-state index in [-0.39, 0.29) is 18.6 Å². The summed E-state index contributed by atoms with van der Waals surface area (Å²) in [5.74, 6) is -0.868. The fraction of sp³-hybridized carbons (Fsp3) is 0.867. The molecule has 0 radical (unpaired) electrons. The molecule has 0 aliphatic carbocycles. The summed E-state index contributed by atoms with van der Waals surface area (Å²) in [6.45, 7) is 8.33. The summed E-state index contributed by atoms with van der Waals surface area (Å²) in [6.07, 6.45) is 2.34. The number of carbonyl (C=O) groups excluding carboxylic acids is 1. The molecule has 1 rings (SSSR count). The monoisotopic (exact) mass is 299 g/mol. The number of carboxylic acid groups (broad SMARTS) is 1. The Morgan fingerprint density at radius 1 is 1.33 bits per heavy atom. The lowest BCUT2D eigenvalue weighted by atomic mass is 9.88. The zero-order valence-corrected chi connectivity index (χ0v) is 13.7. The molecule has 2 unspecified atom stereocenters. The molecule has 2 N–H and O–H groups in total. The Bertz CT molecular complexity index is 375. The lowest BCUT2D eigenvalue weighted by Gasteiger charge is -2.32. The molecule has 1 saturated heterocycles. The van der Waals surface area contributed by atoms with Crippen LogP contribution < -0.4 is 5.32 Å². The van der Waals surface area contributed by atoms with Crippen LogP contribution in [0.25, 0.3) is 0 Å². The average Bonchev–Trinajstić information content (AvgIpc) is 2.65. The van der Waals surface area contributed by atoms with Crippen molar-refractivity contribution in [1.82, 2.24) is 15.1 Å². The predicted molar refractivity (Wildman–Crippen MR) is 82.3 cm³/mol. The van der Waals surface area contributed by atoms with Crippen LogP contribution in [0.1, 0.15) is 40.0 Å². The second-order valence-electron chi connectivity index (χ2n) is 6.25. The maximum Gasteiger partial charge on any atom is 0.317 e. The Labute approximate surface area is 127 Å². The Hall–Kier alpha value is -1.30. The smallest absolute Gasteiger partial charge is 0.317 e. The third kappa shape index (κ3) is 4.59. The van der Waals surface area contributed by atoms with Crippen LogP contribution in [0, 0.1) is 5.41 Å². The molecule has 0 spiro atoms. The van der Waals surface area contributed by atoms with Crippen molar-refractivity contribution in [3.63, 3.8) is 0 Å². The van der Waals surface area contributed by atoms with E-state index < -0.39 is 11.4 Å². The molecule has 1 heterocycles. The van der Waals surface area contributed by atoms with Gasteiger partial charge in [-0.05, 0) is 39.8 Å². The molecule has 2 amide bonds. The van der Waals surface area contributed by atoms with Gasteiger partial charge in [0.2, 0.25) is 0 Å². The number of hydrogen-bond donors (Lipinski definition) is 2. The zero-order valence-electron chi connectivity index (χ0n) is 13.7. The summed E-state index contributed by atoms with van der Waals surface area (Å²) >= 11 is 0. The van der Waals surface area contributed by atoms with E-state index in [4.69, 9.17) is 0 Å². The summed E-state index contributed by atoms with van der Waals surface area (Å²) in [5, 5.41) is 12.1. The summed E-state index contributed by atoms with van der Waals surface area (Å²) in [4.78, 5) is 27.8. The number of urea groups is 1. The van der Waals surface area contributed by atoms with Crippen LogP contribution in [0.15, 0.2) is 0 Å². The number of aliphatic carboxylic acids is 1. The van der Waals surface area contributed by atoms with E-state index in [1.54, 1.807) is 6.92 Å². The van der Waals surface area contributed by atoms with E-state index in [0.717, 1.165) is 32.5 Å². The van der Waals surface area contributed by atoms with Crippen molar-refractivity contribution in [3.05, 3.63) is 0 Å². The van der Waals surface area contributed by atoms with Gasteiger partial charge in [0.05, 0.1) is 5.41 Å². The molecule has 2 atom stereocenters. The Morgan fingerprint density at radius 2 is 2.00 bits per heavy atom. The van der Waals surface area contributed by atoms with E-state index in [1.807, 2.05) is 11.8 Å². The summed E-state index contributed by atoms with van der Waals surface area (Å²) < 4.78 is 0. The second kappa shape index (κ2) is 7.64. The lowest BCUT2D eigenvalue weighted by molar-refractivity contribution is -0.147. The molecule has 1 fully saturated rings. The highest BCUT2D eigenvalue weighted by Gasteiger charge is 2.33. The molecule has 0 saturated carbocycles. The van der Waals surface area contributed by atoms with Gasteiger partial charge in [0.1, 0.15) is 0 Å². The molecule has 21 heavy (non-hydrogen) atoms. The van der Waals surface area contributed by atoms with Gasteiger partial charge in [0.15, 0.2) is 0 Å². The molecule has 1 aliphatic heterocycles. The van der Waals surface area contributed by atoms with Crippen LogP contribution in [0.5, 0.6) is 0 Å². The average molecular weight is 299 g/mol. The molecular weight excluding hydrogens is 270 g/mol. The molecule has 0 aromatic rings. The standard InChI is InChI=1S/C15H29N3O3/c1-5-12-10-17(4)8-7-9-18(12)14(21)16-11-15(3,6-2)13(19)20/h12H,5-11H2,1-4H3,(H,16,21)(H,19,20). The van der Waals surface area contributed by atoms with Gasteiger partial charge in [0.25, 0.3) is 0 Å². The number of hydrogen-bond acceptors (Lipinski definition) is 3. The number of nitrogens with one attached hydrogen (secondary N) is 1. The number of carboxylic acids is 1. The number of rotatable bonds is 5. The van der Waals surface area contributed by atoms with Gasteiger partial charge < -0.3 is 20.2 Å². The Kier molecular flexibility index (Phi) is 6.45. The quantitative estimate of drug-likeness (QED) is 0.809. The third-order valence-corrected chi connectivity index (χ3v) is 4.56. The highest BCUT2D eigenvalue weighted by Crippen LogP contribution is 2.20. The SMILES string of the molecule is CCC1CN(C)CCCN1C(=O)NCC(C)(CC)C(=O)O. The molecule has 0 bridgehead atoms. The van der Waals surface area contributed by atoms with Gasteiger partial charge in [-0.1, -0.05) is 13.8 Å². The van der Waals surface area contributed by atoms with Crippen molar-refractivity contribution < 1.29 is 14.7 Å². The predicted octanol–water partition coefficient (Wildman–Crippen LogP) is 1.61. The van der Waals surface area contributed by atoms with Gasteiger partial charge >= 0.3 is 12.0 Å². The van der Waals surface area contributed by atoms with Gasteiger partial charge in [-0.15, -0.1) is 0 Å². The van der Waals surface area contributed by atoms with E-state index in [2.05, 4.69) is 24.2 Å². The maximum absolute atomic E-state index is 12.4. The van der Waals surface area contributed by atoms with E-state index in [9.17, 15) is 14.7 Å². The highest BCUT2D eigenvalue weighted by atomic mass is 16.4. The summed E-state index contributed by atoms with van der Waals surface area (Å²) in [6, 6.07) is 0.0493. The van der Waals surface area contributed by atoms with Crippen molar-refractivity contribution in [1.29, 1.82) is 0 Å². The van der Waals surface area contributed by atoms with Gasteiger partial charge in [0, 0.05) is 25.7 Å². The van der Waals surface area contributed by atoms with Crippen LogP contribution in [-0.4, -0.2) is 66.2 Å². The summed E-state index contributed by atoms with van der Waals surface area (Å²) in [5.41, 5.74) is -0.903. The fourth-order valence-electron chi connectivity index (χ4n) is 2.58. The Morgan fingerprint density at radius 3 is 2.52 bits per heavy atom. The molecular formula is C15H29N3O3. The minimum absolute atomic E-state index is 0.141. The third-order valence-electron chi connectivity index (χ3n) is 4.56. The molecule has 6 nitrogen and oxygen atoms in total. The lowest BCUT2D eigenvalue weighted by Crippen LogP contribution is -2.51.